The Morgan fingerprint density at radius 2 is 1.79 bits per heavy atom. The van der Waals surface area contributed by atoms with E-state index in [4.69, 9.17) is 4.74 Å². The predicted molar refractivity (Wildman–Crippen MR) is 139 cm³/mol. The number of anilines is 1. The molecule has 2 saturated heterocycles. The molecule has 2 aromatic rings. The lowest BCUT2D eigenvalue weighted by atomic mass is 9.74. The van der Waals surface area contributed by atoms with Crippen LogP contribution in [-0.2, 0) is 25.7 Å². The molecule has 2 aromatic carbocycles. The molecule has 3 heterocycles. The summed E-state index contributed by atoms with van der Waals surface area (Å²) in [5.41, 5.74) is 0.726. The number of nitrogens with one attached hydrogen (secondary N) is 2. The average molecular weight is 518 g/mol. The van der Waals surface area contributed by atoms with Crippen molar-refractivity contribution in [1.82, 2.24) is 10.2 Å². The molecule has 2 bridgehead atoms. The molecule has 5 atom stereocenters. The molecule has 5 unspecified atom stereocenters. The van der Waals surface area contributed by atoms with Crippen LogP contribution in [0.15, 0.2) is 60.7 Å². The van der Waals surface area contributed by atoms with Gasteiger partial charge < -0.3 is 20.3 Å². The van der Waals surface area contributed by atoms with E-state index < -0.39 is 35.4 Å². The van der Waals surface area contributed by atoms with E-state index in [-0.39, 0.29) is 30.3 Å². The summed E-state index contributed by atoms with van der Waals surface area (Å²) < 4.78 is 21.1. The molecule has 0 aromatic heterocycles. The normalized spacial score (nSPS) is 29.9. The van der Waals surface area contributed by atoms with Crippen molar-refractivity contribution in [2.24, 2.45) is 11.8 Å². The van der Waals surface area contributed by atoms with E-state index in [2.05, 4.69) is 10.6 Å². The monoisotopic (exact) mass is 517 g/mol. The van der Waals surface area contributed by atoms with Gasteiger partial charge in [0.25, 0.3) is 0 Å². The highest BCUT2D eigenvalue weighted by Gasteiger charge is 2.72. The zero-order valence-corrected chi connectivity index (χ0v) is 21.4. The first kappa shape index (κ1) is 24.8. The molecule has 3 fully saturated rings. The van der Waals surface area contributed by atoms with Gasteiger partial charge in [0, 0.05) is 23.8 Å². The van der Waals surface area contributed by atoms with Gasteiger partial charge in [-0.2, -0.15) is 0 Å². The van der Waals surface area contributed by atoms with Crippen LogP contribution >= 0.6 is 0 Å². The third-order valence-corrected chi connectivity index (χ3v) is 8.49. The minimum Gasteiger partial charge on any atom is -0.359 e. The van der Waals surface area contributed by atoms with Crippen molar-refractivity contribution >= 4 is 23.4 Å². The Balaban J connectivity index is 1.33. The summed E-state index contributed by atoms with van der Waals surface area (Å²) in [5, 5.41) is 6.08. The van der Waals surface area contributed by atoms with E-state index in [1.54, 1.807) is 30.4 Å². The Morgan fingerprint density at radius 1 is 1.05 bits per heavy atom. The number of fused-ring (bicyclic) bond motifs is 1. The second kappa shape index (κ2) is 9.66. The maximum Gasteiger partial charge on any atom is 0.246 e. The van der Waals surface area contributed by atoms with E-state index in [1.807, 2.05) is 31.2 Å². The fourth-order valence-electron chi connectivity index (χ4n) is 6.64. The van der Waals surface area contributed by atoms with E-state index >= 15 is 0 Å². The van der Waals surface area contributed by atoms with Crippen LogP contribution in [-0.4, -0.2) is 46.4 Å². The second-order valence-corrected chi connectivity index (χ2v) is 11.0. The first-order chi connectivity index (χ1) is 18.4. The zero-order valence-electron chi connectivity index (χ0n) is 21.4. The van der Waals surface area contributed by atoms with Gasteiger partial charge in [0.2, 0.25) is 17.7 Å². The minimum absolute atomic E-state index is 0.0281. The molecule has 7 nitrogen and oxygen atoms in total. The van der Waals surface area contributed by atoms with Crippen molar-refractivity contribution in [2.45, 2.75) is 69.4 Å². The van der Waals surface area contributed by atoms with Crippen LogP contribution in [0.2, 0.25) is 0 Å². The molecule has 3 amide bonds. The third kappa shape index (κ3) is 4.11. The molecule has 3 aliphatic heterocycles. The number of hydrogen-bond acceptors (Lipinski definition) is 4. The van der Waals surface area contributed by atoms with Crippen LogP contribution in [0.1, 0.15) is 43.2 Å². The Hall–Kier alpha value is -3.52. The number of hydrogen-bond donors (Lipinski definition) is 2. The van der Waals surface area contributed by atoms with Gasteiger partial charge in [-0.25, -0.2) is 4.39 Å². The highest BCUT2D eigenvalue weighted by molar-refractivity contribution is 6.02. The number of rotatable bonds is 6. The summed E-state index contributed by atoms with van der Waals surface area (Å²) >= 11 is 0. The molecule has 198 valence electrons. The summed E-state index contributed by atoms with van der Waals surface area (Å²) in [6, 6.07) is 12.7. The number of likely N-dealkylation sites (tertiary alicyclic amines) is 1. The van der Waals surface area contributed by atoms with E-state index in [1.165, 1.54) is 11.0 Å². The van der Waals surface area contributed by atoms with Crippen molar-refractivity contribution in [1.29, 1.82) is 0 Å². The fraction of sp³-hybridized carbons (Fsp3) is 0.433. The smallest absolute Gasteiger partial charge is 0.246 e. The lowest BCUT2D eigenvalue weighted by molar-refractivity contribution is -0.142. The topological polar surface area (TPSA) is 87.7 Å². The highest BCUT2D eigenvalue weighted by Crippen LogP contribution is 2.55. The van der Waals surface area contributed by atoms with Gasteiger partial charge in [0.1, 0.15) is 17.5 Å². The number of ether oxygens (including phenoxy) is 1. The van der Waals surface area contributed by atoms with E-state index in [0.29, 0.717) is 11.3 Å². The second-order valence-electron chi connectivity index (χ2n) is 11.0. The molecule has 1 saturated carbocycles. The third-order valence-electron chi connectivity index (χ3n) is 8.49. The van der Waals surface area contributed by atoms with Gasteiger partial charge in [-0.05, 0) is 38.0 Å². The Bertz CT molecular complexity index is 1290. The maximum atomic E-state index is 14.7. The molecule has 0 radical (unpaired) electrons. The van der Waals surface area contributed by atoms with Crippen LogP contribution in [0.25, 0.3) is 0 Å². The number of carbonyl (C=O) groups excluding carboxylic acids is 3. The van der Waals surface area contributed by atoms with Crippen LogP contribution in [0.5, 0.6) is 0 Å². The number of nitrogens with zero attached hydrogens (tertiary/aromatic N) is 1. The molecular weight excluding hydrogens is 485 g/mol. The quantitative estimate of drug-likeness (QED) is 0.570. The highest BCUT2D eigenvalue weighted by atomic mass is 19.1. The summed E-state index contributed by atoms with van der Waals surface area (Å²) in [4.78, 5) is 42.8. The Morgan fingerprint density at radius 3 is 2.53 bits per heavy atom. The first-order valence-corrected chi connectivity index (χ1v) is 13.5. The van der Waals surface area contributed by atoms with Gasteiger partial charge in [-0.15, -0.1) is 0 Å². The number of benzene rings is 2. The van der Waals surface area contributed by atoms with Gasteiger partial charge in [-0.1, -0.05) is 67.3 Å². The number of carbonyl (C=O) groups is 3. The van der Waals surface area contributed by atoms with Crippen LogP contribution in [0.4, 0.5) is 10.1 Å². The maximum absolute atomic E-state index is 14.7. The summed E-state index contributed by atoms with van der Waals surface area (Å²) in [6.07, 6.45) is 7.95. The predicted octanol–water partition coefficient (Wildman–Crippen LogP) is 3.87. The Kier molecular flexibility index (Phi) is 6.30. The molecule has 1 spiro atoms. The Labute approximate surface area is 221 Å². The SMILES string of the molecule is Cc1ccc(NC(=O)C2C3C=CC4(O3)C2C(=O)N(Cc2ccccc2F)C4C(=O)NC2CCCCC2)cc1. The number of halogens is 1. The van der Waals surface area contributed by atoms with Gasteiger partial charge in [0.15, 0.2) is 0 Å². The largest absolute Gasteiger partial charge is 0.359 e. The molecule has 8 heteroatoms. The molecule has 1 aliphatic carbocycles. The number of amides is 3. The first-order valence-electron chi connectivity index (χ1n) is 13.5. The lowest BCUT2D eigenvalue weighted by Gasteiger charge is -2.34. The molecular formula is C30H32FN3O4. The van der Waals surface area contributed by atoms with Crippen molar-refractivity contribution in [3.63, 3.8) is 0 Å². The molecule has 4 aliphatic rings. The molecule has 6 rings (SSSR count). The molecule has 2 N–H and O–H groups in total. The van der Waals surface area contributed by atoms with Crippen LogP contribution in [0.3, 0.4) is 0 Å². The van der Waals surface area contributed by atoms with Gasteiger partial charge in [-0.3, -0.25) is 14.4 Å². The summed E-state index contributed by atoms with van der Waals surface area (Å²) in [7, 11) is 0. The van der Waals surface area contributed by atoms with E-state index in [9.17, 15) is 18.8 Å². The van der Waals surface area contributed by atoms with Gasteiger partial charge in [0.05, 0.1) is 17.9 Å². The zero-order chi connectivity index (χ0) is 26.4. The van der Waals surface area contributed by atoms with Crippen molar-refractivity contribution in [2.75, 3.05) is 5.32 Å². The van der Waals surface area contributed by atoms with Gasteiger partial charge >= 0.3 is 0 Å². The summed E-state index contributed by atoms with van der Waals surface area (Å²) in [6.45, 7) is 1.88. The van der Waals surface area contributed by atoms with E-state index in [0.717, 1.165) is 37.7 Å². The van der Waals surface area contributed by atoms with Crippen molar-refractivity contribution in [3.8, 4) is 0 Å². The summed E-state index contributed by atoms with van der Waals surface area (Å²) in [5.74, 6) is -3.14. The molecule has 38 heavy (non-hydrogen) atoms. The average Bonchev–Trinajstić information content (AvgIpc) is 3.55. The minimum atomic E-state index is -1.28. The standard InChI is InChI=1S/C30H32FN3O4/c1-18-11-13-21(14-12-18)32-27(35)24-23-15-16-30(38-23)25(24)29(37)34(17-19-7-5-6-10-22(19)31)26(30)28(36)33-20-8-3-2-4-9-20/h5-7,10-16,20,23-26H,2-4,8-9,17H2,1H3,(H,32,35)(H,33,36). The number of aryl methyl sites for hydroxylation is 1. The van der Waals surface area contributed by atoms with Crippen LogP contribution in [0, 0.1) is 24.6 Å². The fourth-order valence-corrected chi connectivity index (χ4v) is 6.64. The lowest BCUT2D eigenvalue weighted by Crippen LogP contribution is -2.56. The van der Waals surface area contributed by atoms with Crippen molar-refractivity contribution in [3.05, 3.63) is 77.6 Å². The van der Waals surface area contributed by atoms with Crippen molar-refractivity contribution < 1.29 is 23.5 Å². The van der Waals surface area contributed by atoms with Crippen LogP contribution < -0.4 is 10.6 Å².